The minimum absolute atomic E-state index is 0.0776. The van der Waals surface area contributed by atoms with Gasteiger partial charge < -0.3 is 9.64 Å². The molecule has 6 heteroatoms. The first-order valence-corrected chi connectivity index (χ1v) is 11.4. The van der Waals surface area contributed by atoms with Gasteiger partial charge in [-0.25, -0.2) is 0 Å². The van der Waals surface area contributed by atoms with Crippen molar-refractivity contribution in [3.63, 3.8) is 0 Å². The first kappa shape index (κ1) is 20.7. The number of ether oxygens (including phenoxy) is 1. The molecule has 3 aromatic rings. The van der Waals surface area contributed by atoms with Crippen LogP contribution < -0.4 is 4.74 Å². The van der Waals surface area contributed by atoms with Gasteiger partial charge in [-0.2, -0.15) is 5.10 Å². The van der Waals surface area contributed by atoms with Crippen LogP contribution in [0.15, 0.2) is 36.4 Å². The quantitative estimate of drug-likeness (QED) is 0.622. The van der Waals surface area contributed by atoms with Gasteiger partial charge in [-0.15, -0.1) is 0 Å². The van der Waals surface area contributed by atoms with Gasteiger partial charge in [-0.3, -0.25) is 14.3 Å². The molecular formula is C26H29N3O3. The van der Waals surface area contributed by atoms with E-state index in [1.54, 1.807) is 4.68 Å². The van der Waals surface area contributed by atoms with Gasteiger partial charge in [-0.1, -0.05) is 30.3 Å². The van der Waals surface area contributed by atoms with Gasteiger partial charge in [0.1, 0.15) is 18.4 Å². The highest BCUT2D eigenvalue weighted by Crippen LogP contribution is 2.37. The molecule has 1 saturated heterocycles. The Morgan fingerprint density at radius 2 is 1.97 bits per heavy atom. The Labute approximate surface area is 188 Å². The molecule has 0 spiro atoms. The number of benzene rings is 2. The van der Waals surface area contributed by atoms with Crippen molar-refractivity contribution in [2.75, 3.05) is 13.1 Å². The lowest BCUT2D eigenvalue weighted by Crippen LogP contribution is -2.47. The molecule has 2 aromatic carbocycles. The molecule has 2 aliphatic heterocycles. The standard InChI is InChI=1S/C26H29N3O3/c1-16-17(2)27-29(18(16)3)15-25(31)28-12-6-8-20(14-28)24-13-22(30)26-21-9-5-4-7-19(21)10-11-23(26)32-24/h4-5,7,9-11,20,24H,6,8,12-15H2,1-3H3/t20-,24-/m1/s1. The summed E-state index contributed by atoms with van der Waals surface area (Å²) in [5.41, 5.74) is 3.83. The van der Waals surface area contributed by atoms with Crippen LogP contribution in [0.1, 0.15) is 46.6 Å². The highest BCUT2D eigenvalue weighted by atomic mass is 16.5. The molecule has 0 N–H and O–H groups in total. The number of nitrogens with zero attached hydrogens (tertiary/aromatic N) is 3. The second-order valence-electron chi connectivity index (χ2n) is 9.14. The molecule has 1 aromatic heterocycles. The molecule has 5 rings (SSSR count). The zero-order valence-electron chi connectivity index (χ0n) is 18.9. The SMILES string of the molecule is Cc1nn(CC(=O)N2CCC[C@@H]([C@H]3CC(=O)c4c(ccc5ccccc45)O3)C2)c(C)c1C. The van der Waals surface area contributed by atoms with Gasteiger partial charge in [0.2, 0.25) is 5.91 Å². The molecule has 3 heterocycles. The molecule has 0 saturated carbocycles. The van der Waals surface area contributed by atoms with Crippen LogP contribution in [0.3, 0.4) is 0 Å². The molecule has 1 amide bonds. The lowest BCUT2D eigenvalue weighted by molar-refractivity contribution is -0.134. The van der Waals surface area contributed by atoms with Crippen LogP contribution in [-0.2, 0) is 11.3 Å². The number of hydrogen-bond donors (Lipinski definition) is 0. The van der Waals surface area contributed by atoms with Crippen LogP contribution in [0.4, 0.5) is 0 Å². The summed E-state index contributed by atoms with van der Waals surface area (Å²) in [6.07, 6.45) is 2.06. The molecule has 2 atom stereocenters. The number of Topliss-reactive ketones (excluding diaryl/α,β-unsaturated/α-hetero) is 1. The summed E-state index contributed by atoms with van der Waals surface area (Å²) in [6.45, 7) is 7.64. The summed E-state index contributed by atoms with van der Waals surface area (Å²) < 4.78 is 8.16. The van der Waals surface area contributed by atoms with Gasteiger partial charge in [0, 0.05) is 31.1 Å². The first-order valence-electron chi connectivity index (χ1n) is 11.4. The number of ketones is 1. The van der Waals surface area contributed by atoms with Gasteiger partial charge >= 0.3 is 0 Å². The average molecular weight is 432 g/mol. The Balaban J connectivity index is 1.31. The summed E-state index contributed by atoms with van der Waals surface area (Å²) in [5, 5.41) is 6.52. The zero-order chi connectivity index (χ0) is 22.4. The fraction of sp³-hybridized carbons (Fsp3) is 0.423. The molecule has 166 valence electrons. The minimum atomic E-state index is -0.192. The second-order valence-corrected chi connectivity index (χ2v) is 9.14. The number of likely N-dealkylation sites (tertiary alicyclic amines) is 1. The third kappa shape index (κ3) is 3.57. The van der Waals surface area contributed by atoms with Gasteiger partial charge in [0.05, 0.1) is 11.3 Å². The lowest BCUT2D eigenvalue weighted by atomic mass is 9.85. The van der Waals surface area contributed by atoms with Crippen molar-refractivity contribution in [2.45, 2.75) is 52.7 Å². The maximum absolute atomic E-state index is 13.1. The van der Waals surface area contributed by atoms with Crippen LogP contribution >= 0.6 is 0 Å². The molecular weight excluding hydrogens is 402 g/mol. The van der Waals surface area contributed by atoms with Gasteiger partial charge in [0.25, 0.3) is 0 Å². The third-order valence-corrected chi connectivity index (χ3v) is 7.20. The predicted molar refractivity (Wildman–Crippen MR) is 123 cm³/mol. The van der Waals surface area contributed by atoms with Gasteiger partial charge in [0.15, 0.2) is 5.78 Å². The van der Waals surface area contributed by atoms with Crippen molar-refractivity contribution in [3.05, 3.63) is 58.9 Å². The maximum atomic E-state index is 13.1. The fourth-order valence-corrected chi connectivity index (χ4v) is 5.10. The number of carbonyl (C=O) groups is 2. The van der Waals surface area contributed by atoms with Crippen LogP contribution in [0.5, 0.6) is 5.75 Å². The number of carbonyl (C=O) groups excluding carboxylic acids is 2. The van der Waals surface area contributed by atoms with E-state index < -0.39 is 0 Å². The Hall–Kier alpha value is -3.15. The van der Waals surface area contributed by atoms with E-state index in [1.807, 2.05) is 62.1 Å². The number of piperidine rings is 1. The zero-order valence-corrected chi connectivity index (χ0v) is 18.9. The van der Waals surface area contributed by atoms with E-state index in [0.717, 1.165) is 47.1 Å². The van der Waals surface area contributed by atoms with Crippen molar-refractivity contribution in [3.8, 4) is 5.75 Å². The van der Waals surface area contributed by atoms with Crippen LogP contribution in [0.2, 0.25) is 0 Å². The van der Waals surface area contributed by atoms with Crippen molar-refractivity contribution in [1.82, 2.24) is 14.7 Å². The monoisotopic (exact) mass is 431 g/mol. The topological polar surface area (TPSA) is 64.4 Å². The van der Waals surface area contributed by atoms with E-state index in [0.29, 0.717) is 24.3 Å². The summed E-state index contributed by atoms with van der Waals surface area (Å²) in [7, 11) is 0. The number of rotatable bonds is 3. The lowest BCUT2D eigenvalue weighted by Gasteiger charge is -2.38. The predicted octanol–water partition coefficient (Wildman–Crippen LogP) is 4.23. The largest absolute Gasteiger partial charge is 0.489 e. The number of aryl methyl sites for hydroxylation is 1. The smallest absolute Gasteiger partial charge is 0.244 e. The van der Waals surface area contributed by atoms with E-state index in [4.69, 9.17) is 4.74 Å². The summed E-state index contributed by atoms with van der Waals surface area (Å²) in [4.78, 5) is 28.1. The average Bonchev–Trinajstić information content (AvgIpc) is 3.05. The molecule has 0 unspecified atom stereocenters. The Morgan fingerprint density at radius 3 is 2.75 bits per heavy atom. The Bertz CT molecular complexity index is 1210. The number of fused-ring (bicyclic) bond motifs is 3. The number of amides is 1. The van der Waals surface area contributed by atoms with Crippen molar-refractivity contribution >= 4 is 22.5 Å². The van der Waals surface area contributed by atoms with Crippen LogP contribution in [0, 0.1) is 26.7 Å². The van der Waals surface area contributed by atoms with E-state index in [9.17, 15) is 9.59 Å². The Morgan fingerprint density at radius 1 is 1.16 bits per heavy atom. The van der Waals surface area contributed by atoms with Crippen LogP contribution in [0.25, 0.3) is 10.8 Å². The maximum Gasteiger partial charge on any atom is 0.244 e. The molecule has 6 nitrogen and oxygen atoms in total. The molecule has 0 radical (unpaired) electrons. The highest BCUT2D eigenvalue weighted by molar-refractivity contribution is 6.11. The number of hydrogen-bond acceptors (Lipinski definition) is 4. The first-order chi connectivity index (χ1) is 15.4. The Kier molecular flexibility index (Phi) is 5.24. The summed E-state index contributed by atoms with van der Waals surface area (Å²) in [6, 6.07) is 11.9. The normalized spacial score (nSPS) is 20.8. The number of aromatic nitrogens is 2. The van der Waals surface area contributed by atoms with E-state index in [1.165, 1.54) is 0 Å². The van der Waals surface area contributed by atoms with Crippen molar-refractivity contribution < 1.29 is 14.3 Å². The summed E-state index contributed by atoms with van der Waals surface area (Å²) in [5.74, 6) is 1.04. The minimum Gasteiger partial charge on any atom is -0.489 e. The molecule has 0 aliphatic carbocycles. The van der Waals surface area contributed by atoms with E-state index >= 15 is 0 Å². The molecule has 0 bridgehead atoms. The van der Waals surface area contributed by atoms with Crippen molar-refractivity contribution in [1.29, 1.82) is 0 Å². The molecule has 1 fully saturated rings. The fourth-order valence-electron chi connectivity index (χ4n) is 5.10. The van der Waals surface area contributed by atoms with E-state index in [-0.39, 0.29) is 30.3 Å². The van der Waals surface area contributed by atoms with Crippen molar-refractivity contribution in [2.24, 2.45) is 5.92 Å². The highest BCUT2D eigenvalue weighted by Gasteiger charge is 2.36. The van der Waals surface area contributed by atoms with Crippen LogP contribution in [-0.4, -0.2) is 45.6 Å². The van der Waals surface area contributed by atoms with E-state index in [2.05, 4.69) is 5.10 Å². The third-order valence-electron chi connectivity index (χ3n) is 7.20. The summed E-state index contributed by atoms with van der Waals surface area (Å²) >= 11 is 0. The molecule has 2 aliphatic rings. The molecule has 32 heavy (non-hydrogen) atoms. The second kappa shape index (κ2) is 8.08. The van der Waals surface area contributed by atoms with Gasteiger partial charge in [-0.05, 0) is 56.0 Å².